The van der Waals surface area contributed by atoms with Gasteiger partial charge < -0.3 is 15.7 Å². The van der Waals surface area contributed by atoms with Gasteiger partial charge in [0.05, 0.1) is 12.4 Å². The first-order valence-electron chi connectivity index (χ1n) is 6.99. The summed E-state index contributed by atoms with van der Waals surface area (Å²) in [6, 6.07) is 7.18. The highest BCUT2D eigenvalue weighted by molar-refractivity contribution is 5.90. The van der Waals surface area contributed by atoms with Crippen LogP contribution in [-0.2, 0) is 0 Å². The Labute approximate surface area is 127 Å². The normalized spacial score (nSPS) is 14.5. The van der Waals surface area contributed by atoms with Crippen molar-refractivity contribution in [2.24, 2.45) is 5.73 Å². The largest absolute Gasteiger partial charge is 0.508 e. The second kappa shape index (κ2) is 5.85. The van der Waals surface area contributed by atoms with Crippen molar-refractivity contribution in [1.82, 2.24) is 9.97 Å². The number of phenolic OH excluding ortho intramolecular Hbond substituents is 1. The van der Waals surface area contributed by atoms with E-state index in [2.05, 4.69) is 16.0 Å². The summed E-state index contributed by atoms with van der Waals surface area (Å²) in [4.78, 5) is 21.5. The van der Waals surface area contributed by atoms with Crippen LogP contribution in [-0.4, -0.2) is 34.1 Å². The average Bonchev–Trinajstić information content (AvgIpc) is 2.56. The Morgan fingerprint density at radius 3 is 2.64 bits per heavy atom. The van der Waals surface area contributed by atoms with Gasteiger partial charge in [0.2, 0.25) is 0 Å². The van der Waals surface area contributed by atoms with Gasteiger partial charge in [-0.3, -0.25) is 9.78 Å². The maximum atomic E-state index is 11.2. The number of anilines is 1. The third-order valence-corrected chi connectivity index (χ3v) is 3.65. The van der Waals surface area contributed by atoms with Crippen molar-refractivity contribution in [3.05, 3.63) is 54.0 Å². The molecular formula is C16H16N4O2. The number of phenols is 1. The van der Waals surface area contributed by atoms with Crippen molar-refractivity contribution in [3.8, 4) is 5.75 Å². The van der Waals surface area contributed by atoms with Crippen LogP contribution in [0.1, 0.15) is 22.5 Å². The highest BCUT2D eigenvalue weighted by Crippen LogP contribution is 2.25. The van der Waals surface area contributed by atoms with Crippen molar-refractivity contribution in [1.29, 1.82) is 0 Å². The fourth-order valence-electron chi connectivity index (χ4n) is 2.44. The van der Waals surface area contributed by atoms with Gasteiger partial charge in [-0.2, -0.15) is 0 Å². The number of nitrogens with two attached hydrogens (primary N) is 1. The molecule has 0 unspecified atom stereocenters. The number of hydrogen-bond acceptors (Lipinski definition) is 5. The Morgan fingerprint density at radius 1 is 1.23 bits per heavy atom. The van der Waals surface area contributed by atoms with E-state index in [9.17, 15) is 9.90 Å². The van der Waals surface area contributed by atoms with E-state index < -0.39 is 5.91 Å². The molecule has 1 aromatic heterocycles. The minimum absolute atomic E-state index is 0.172. The summed E-state index contributed by atoms with van der Waals surface area (Å²) >= 11 is 0. The van der Waals surface area contributed by atoms with Crippen LogP contribution in [0, 0.1) is 0 Å². The van der Waals surface area contributed by atoms with Crippen LogP contribution >= 0.6 is 0 Å². The highest BCUT2D eigenvalue weighted by atomic mass is 16.3. The van der Waals surface area contributed by atoms with Crippen LogP contribution in [0.4, 0.5) is 5.82 Å². The monoisotopic (exact) mass is 296 g/mol. The summed E-state index contributed by atoms with van der Waals surface area (Å²) in [5.74, 6) is 0.337. The van der Waals surface area contributed by atoms with Gasteiger partial charge in [-0.25, -0.2) is 4.98 Å². The third-order valence-electron chi connectivity index (χ3n) is 3.65. The third kappa shape index (κ3) is 2.90. The van der Waals surface area contributed by atoms with Gasteiger partial charge in [0, 0.05) is 13.1 Å². The van der Waals surface area contributed by atoms with E-state index in [-0.39, 0.29) is 11.4 Å². The van der Waals surface area contributed by atoms with Crippen molar-refractivity contribution in [3.63, 3.8) is 0 Å². The van der Waals surface area contributed by atoms with Gasteiger partial charge >= 0.3 is 0 Å². The molecule has 0 saturated heterocycles. The molecule has 6 nitrogen and oxygen atoms in total. The van der Waals surface area contributed by atoms with Crippen LogP contribution in [0.2, 0.25) is 0 Å². The van der Waals surface area contributed by atoms with Crippen LogP contribution in [0.5, 0.6) is 5.75 Å². The van der Waals surface area contributed by atoms with E-state index >= 15 is 0 Å². The number of aromatic nitrogens is 2. The number of primary amides is 1. The molecule has 3 rings (SSSR count). The smallest absolute Gasteiger partial charge is 0.268 e. The van der Waals surface area contributed by atoms with Crippen molar-refractivity contribution >= 4 is 17.3 Å². The van der Waals surface area contributed by atoms with Crippen molar-refractivity contribution in [2.45, 2.75) is 6.42 Å². The standard InChI is InChI=1S/C16H16N4O2/c17-16(22)14-9-18-10-15(19-14)20-7-5-12(6-8-20)11-1-3-13(21)4-2-11/h1-5,9-10,21H,6-8H2,(H2,17,22). The molecular weight excluding hydrogens is 280 g/mol. The van der Waals surface area contributed by atoms with Gasteiger partial charge in [-0.05, 0) is 29.7 Å². The molecule has 3 N–H and O–H groups in total. The lowest BCUT2D eigenvalue weighted by Gasteiger charge is -2.27. The van der Waals surface area contributed by atoms with E-state index in [1.165, 1.54) is 11.8 Å². The first-order valence-corrected chi connectivity index (χ1v) is 6.99. The number of rotatable bonds is 3. The summed E-state index contributed by atoms with van der Waals surface area (Å²) in [6.07, 6.45) is 5.97. The van der Waals surface area contributed by atoms with Gasteiger partial charge in [-0.1, -0.05) is 18.2 Å². The molecule has 1 aromatic carbocycles. The fourth-order valence-corrected chi connectivity index (χ4v) is 2.44. The lowest BCUT2D eigenvalue weighted by molar-refractivity contribution is 0.0995. The minimum Gasteiger partial charge on any atom is -0.508 e. The molecule has 0 radical (unpaired) electrons. The van der Waals surface area contributed by atoms with Crippen LogP contribution < -0.4 is 10.6 Å². The van der Waals surface area contributed by atoms with E-state index in [0.717, 1.165) is 18.5 Å². The van der Waals surface area contributed by atoms with E-state index in [4.69, 9.17) is 5.73 Å². The molecule has 0 bridgehead atoms. The van der Waals surface area contributed by atoms with Gasteiger partial charge in [0.1, 0.15) is 17.3 Å². The number of hydrogen-bond donors (Lipinski definition) is 2. The summed E-state index contributed by atoms with van der Waals surface area (Å²) in [5.41, 5.74) is 7.74. The van der Waals surface area contributed by atoms with Crippen LogP contribution in [0.3, 0.4) is 0 Å². The SMILES string of the molecule is NC(=O)c1cncc(N2CC=C(c3ccc(O)cc3)CC2)n1. The molecule has 1 aliphatic rings. The Morgan fingerprint density at radius 2 is 2.00 bits per heavy atom. The van der Waals surface area contributed by atoms with Crippen LogP contribution in [0.25, 0.3) is 5.57 Å². The second-order valence-electron chi connectivity index (χ2n) is 5.10. The van der Waals surface area contributed by atoms with E-state index in [1.807, 2.05) is 17.0 Å². The number of nitrogens with zero attached hydrogens (tertiary/aromatic N) is 3. The Kier molecular flexibility index (Phi) is 3.74. The number of amides is 1. The molecule has 6 heteroatoms. The molecule has 0 aliphatic carbocycles. The second-order valence-corrected chi connectivity index (χ2v) is 5.10. The van der Waals surface area contributed by atoms with E-state index in [0.29, 0.717) is 12.4 Å². The molecule has 0 fully saturated rings. The summed E-state index contributed by atoms with van der Waals surface area (Å²) in [6.45, 7) is 1.47. The topological polar surface area (TPSA) is 92.3 Å². The fraction of sp³-hybridized carbons (Fsp3) is 0.188. The van der Waals surface area contributed by atoms with Crippen molar-refractivity contribution in [2.75, 3.05) is 18.0 Å². The van der Waals surface area contributed by atoms with Crippen molar-refractivity contribution < 1.29 is 9.90 Å². The summed E-state index contributed by atoms with van der Waals surface area (Å²) in [7, 11) is 0. The number of carbonyl (C=O) groups excluding carboxylic acids is 1. The van der Waals surface area contributed by atoms with E-state index in [1.54, 1.807) is 18.3 Å². The number of carbonyl (C=O) groups is 1. The van der Waals surface area contributed by atoms with Gasteiger partial charge in [0.15, 0.2) is 0 Å². The molecule has 0 saturated carbocycles. The zero-order chi connectivity index (χ0) is 15.5. The summed E-state index contributed by atoms with van der Waals surface area (Å²) < 4.78 is 0. The molecule has 2 aromatic rings. The quantitative estimate of drug-likeness (QED) is 0.897. The molecule has 22 heavy (non-hydrogen) atoms. The molecule has 0 atom stereocenters. The maximum Gasteiger partial charge on any atom is 0.268 e. The van der Waals surface area contributed by atoms with Crippen LogP contribution in [0.15, 0.2) is 42.7 Å². The Bertz CT molecular complexity index is 725. The number of benzene rings is 1. The summed E-state index contributed by atoms with van der Waals surface area (Å²) in [5, 5.41) is 9.34. The Balaban J connectivity index is 1.77. The predicted octanol–water partition coefficient (Wildman–Crippen LogP) is 1.57. The van der Waals surface area contributed by atoms with Gasteiger partial charge in [0.25, 0.3) is 5.91 Å². The molecule has 2 heterocycles. The minimum atomic E-state index is -0.577. The predicted molar refractivity (Wildman–Crippen MR) is 83.5 cm³/mol. The first-order chi connectivity index (χ1) is 10.6. The number of aromatic hydroxyl groups is 1. The molecule has 1 amide bonds. The highest BCUT2D eigenvalue weighted by Gasteiger charge is 2.16. The van der Waals surface area contributed by atoms with Gasteiger partial charge in [-0.15, -0.1) is 0 Å². The average molecular weight is 296 g/mol. The first kappa shape index (κ1) is 14.1. The molecule has 112 valence electrons. The zero-order valence-electron chi connectivity index (χ0n) is 11.9. The Hall–Kier alpha value is -2.89. The maximum absolute atomic E-state index is 11.2. The lowest BCUT2D eigenvalue weighted by Crippen LogP contribution is -2.30. The lowest BCUT2D eigenvalue weighted by atomic mass is 9.99. The molecule has 0 spiro atoms. The molecule has 1 aliphatic heterocycles. The zero-order valence-corrected chi connectivity index (χ0v) is 11.9.